The molecule has 10 nitrogen and oxygen atoms in total. The van der Waals surface area contributed by atoms with Gasteiger partial charge in [-0.05, 0) is 23.3 Å². The molecule has 172 valence electrons. The fourth-order valence-corrected chi connectivity index (χ4v) is 3.81. The van der Waals surface area contributed by atoms with Crippen LogP contribution in [-0.4, -0.2) is 54.6 Å². The summed E-state index contributed by atoms with van der Waals surface area (Å²) in [7, 11) is 3.23. The van der Waals surface area contributed by atoms with Crippen molar-refractivity contribution in [1.82, 2.24) is 40.4 Å². The van der Waals surface area contributed by atoms with Gasteiger partial charge in [-0.25, -0.2) is 9.67 Å². The zero-order valence-electron chi connectivity index (χ0n) is 19.3. The van der Waals surface area contributed by atoms with Crippen LogP contribution in [0, 0.1) is 0 Å². The van der Waals surface area contributed by atoms with Gasteiger partial charge in [0.25, 0.3) is 0 Å². The average Bonchev–Trinajstić information content (AvgIpc) is 3.53. The number of rotatable bonds is 10. The van der Waals surface area contributed by atoms with E-state index < -0.39 is 5.79 Å². The molecule has 0 unspecified atom stereocenters. The minimum atomic E-state index is -0.950. The minimum absolute atomic E-state index is 0.534. The van der Waals surface area contributed by atoms with Gasteiger partial charge in [-0.3, -0.25) is 4.98 Å². The Balaban J connectivity index is 1.62. The first-order chi connectivity index (χ1) is 16.1. The number of hydrogen-bond acceptors (Lipinski definition) is 8. The normalized spacial score (nSPS) is 11.8. The van der Waals surface area contributed by atoms with E-state index in [1.165, 1.54) is 0 Å². The highest BCUT2D eigenvalue weighted by Crippen LogP contribution is 2.29. The lowest BCUT2D eigenvalue weighted by Gasteiger charge is -2.26. The van der Waals surface area contributed by atoms with Gasteiger partial charge >= 0.3 is 0 Å². The number of nitrogens with zero attached hydrogens (tertiary/aromatic N) is 7. The summed E-state index contributed by atoms with van der Waals surface area (Å²) in [4.78, 5) is 9.44. The largest absolute Gasteiger partial charge is 0.347 e. The molecule has 0 spiro atoms. The van der Waals surface area contributed by atoms with E-state index in [2.05, 4.69) is 27.5 Å². The number of H-pyrrole nitrogens is 1. The second kappa shape index (κ2) is 9.97. The molecular weight excluding hydrogens is 420 g/mol. The number of aromatic nitrogens is 8. The number of aromatic amines is 1. The monoisotopic (exact) mass is 448 g/mol. The Hall–Kier alpha value is -3.50. The summed E-state index contributed by atoms with van der Waals surface area (Å²) in [5, 5.41) is 19.1. The molecule has 0 radical (unpaired) electrons. The lowest BCUT2D eigenvalue weighted by molar-refractivity contribution is -0.222. The van der Waals surface area contributed by atoms with Crippen LogP contribution in [0.3, 0.4) is 0 Å². The van der Waals surface area contributed by atoms with Crippen LogP contribution in [0.15, 0.2) is 42.6 Å². The first-order valence-corrected chi connectivity index (χ1v) is 11.0. The Labute approximate surface area is 192 Å². The van der Waals surface area contributed by atoms with Crippen LogP contribution in [0.25, 0.3) is 22.6 Å². The van der Waals surface area contributed by atoms with Crippen molar-refractivity contribution >= 4 is 0 Å². The molecule has 0 aliphatic rings. The number of aryl methyl sites for hydroxylation is 1. The minimum Gasteiger partial charge on any atom is -0.347 e. The molecule has 33 heavy (non-hydrogen) atoms. The third-order valence-corrected chi connectivity index (χ3v) is 5.63. The maximum Gasteiger partial charge on any atom is 0.231 e. The van der Waals surface area contributed by atoms with Crippen molar-refractivity contribution in [3.05, 3.63) is 59.8 Å². The van der Waals surface area contributed by atoms with E-state index in [4.69, 9.17) is 24.5 Å². The molecule has 1 aromatic carbocycles. The van der Waals surface area contributed by atoms with Crippen LogP contribution in [0.4, 0.5) is 0 Å². The number of pyridine rings is 1. The Bertz CT molecular complexity index is 1160. The molecule has 0 saturated carbocycles. The number of ether oxygens (including phenoxy) is 2. The maximum atomic E-state index is 5.64. The molecule has 0 amide bonds. The van der Waals surface area contributed by atoms with Crippen LogP contribution in [0.5, 0.6) is 0 Å². The van der Waals surface area contributed by atoms with Gasteiger partial charge in [-0.2, -0.15) is 5.21 Å². The summed E-state index contributed by atoms with van der Waals surface area (Å²) in [5.41, 5.74) is 3.65. The standard InChI is InChI=1S/C23H28N8O2/c1-5-9-20-25-22(23(6-2,32-3)33-4)28-31(20)15-16-12-13-19(24-14-16)17-10-7-8-11-18(17)21-26-29-30-27-21/h7-8,10-14H,5-6,9,15H2,1-4H3,(H,26,27,29,30). The van der Waals surface area contributed by atoms with Gasteiger partial charge in [0.15, 0.2) is 0 Å². The van der Waals surface area contributed by atoms with E-state index in [-0.39, 0.29) is 0 Å². The molecule has 10 heteroatoms. The van der Waals surface area contributed by atoms with E-state index in [1.807, 2.05) is 54.2 Å². The summed E-state index contributed by atoms with van der Waals surface area (Å²) in [5.74, 6) is 1.02. The number of nitrogens with one attached hydrogen (secondary N) is 1. The molecule has 0 atom stereocenters. The molecule has 0 saturated heterocycles. The molecule has 3 heterocycles. The topological polar surface area (TPSA) is 117 Å². The van der Waals surface area contributed by atoms with E-state index in [0.717, 1.165) is 41.1 Å². The Morgan fingerprint density at radius 1 is 1.03 bits per heavy atom. The Kier molecular flexibility index (Phi) is 6.85. The predicted octanol–water partition coefficient (Wildman–Crippen LogP) is 3.38. The van der Waals surface area contributed by atoms with E-state index in [1.54, 1.807) is 14.2 Å². The van der Waals surface area contributed by atoms with Crippen molar-refractivity contribution in [2.45, 2.75) is 45.4 Å². The summed E-state index contributed by atoms with van der Waals surface area (Å²) in [6.45, 7) is 4.66. The second-order valence-electron chi connectivity index (χ2n) is 7.61. The lowest BCUT2D eigenvalue weighted by Crippen LogP contribution is -2.31. The average molecular weight is 449 g/mol. The van der Waals surface area contributed by atoms with E-state index in [0.29, 0.717) is 24.6 Å². The molecule has 3 aromatic heterocycles. The van der Waals surface area contributed by atoms with Crippen molar-refractivity contribution < 1.29 is 9.47 Å². The molecular formula is C23H28N8O2. The van der Waals surface area contributed by atoms with Crippen molar-refractivity contribution in [2.24, 2.45) is 0 Å². The quantitative estimate of drug-likeness (QED) is 0.367. The predicted molar refractivity (Wildman–Crippen MR) is 122 cm³/mol. The molecule has 0 aliphatic carbocycles. The van der Waals surface area contributed by atoms with Crippen LogP contribution in [-0.2, 0) is 28.2 Å². The van der Waals surface area contributed by atoms with Gasteiger partial charge in [0.2, 0.25) is 17.4 Å². The Morgan fingerprint density at radius 3 is 2.42 bits per heavy atom. The third-order valence-electron chi connectivity index (χ3n) is 5.63. The molecule has 4 aromatic rings. The zero-order chi connectivity index (χ0) is 23.3. The fraction of sp³-hybridized carbons (Fsp3) is 0.391. The zero-order valence-corrected chi connectivity index (χ0v) is 19.3. The molecule has 0 fully saturated rings. The van der Waals surface area contributed by atoms with E-state index >= 15 is 0 Å². The maximum absolute atomic E-state index is 5.64. The Morgan fingerprint density at radius 2 is 1.82 bits per heavy atom. The van der Waals surface area contributed by atoms with Gasteiger partial charge in [0.05, 0.1) is 12.2 Å². The lowest BCUT2D eigenvalue weighted by atomic mass is 10.0. The molecule has 1 N–H and O–H groups in total. The number of hydrogen-bond donors (Lipinski definition) is 1. The van der Waals surface area contributed by atoms with Crippen molar-refractivity contribution in [2.75, 3.05) is 14.2 Å². The first-order valence-electron chi connectivity index (χ1n) is 11.0. The van der Waals surface area contributed by atoms with Gasteiger partial charge in [-0.1, -0.05) is 44.2 Å². The SMILES string of the molecule is CCCc1nc(C(CC)(OC)OC)nn1Cc1ccc(-c2ccccc2-c2nn[nH]n2)nc1. The van der Waals surface area contributed by atoms with Crippen molar-refractivity contribution in [3.8, 4) is 22.6 Å². The summed E-state index contributed by atoms with van der Waals surface area (Å²) in [6.07, 6.45) is 4.23. The number of methoxy groups -OCH3 is 2. The summed E-state index contributed by atoms with van der Waals surface area (Å²) in [6, 6.07) is 11.9. The fourth-order valence-electron chi connectivity index (χ4n) is 3.81. The van der Waals surface area contributed by atoms with Gasteiger partial charge in [0.1, 0.15) is 5.82 Å². The summed E-state index contributed by atoms with van der Waals surface area (Å²) >= 11 is 0. The van der Waals surface area contributed by atoms with Gasteiger partial charge in [0, 0.05) is 44.4 Å². The van der Waals surface area contributed by atoms with Gasteiger partial charge in [-0.15, -0.1) is 15.3 Å². The molecule has 0 bridgehead atoms. The molecule has 0 aliphatic heterocycles. The third kappa shape index (κ3) is 4.53. The first kappa shape index (κ1) is 22.7. The van der Waals surface area contributed by atoms with Crippen LogP contribution in [0.1, 0.15) is 43.9 Å². The second-order valence-corrected chi connectivity index (χ2v) is 7.61. The van der Waals surface area contributed by atoms with Gasteiger partial charge < -0.3 is 9.47 Å². The number of benzene rings is 1. The molecule has 4 rings (SSSR count). The number of tetrazole rings is 1. The smallest absolute Gasteiger partial charge is 0.231 e. The highest BCUT2D eigenvalue weighted by Gasteiger charge is 2.35. The van der Waals surface area contributed by atoms with E-state index in [9.17, 15) is 0 Å². The summed E-state index contributed by atoms with van der Waals surface area (Å²) < 4.78 is 13.2. The highest BCUT2D eigenvalue weighted by atomic mass is 16.7. The highest BCUT2D eigenvalue weighted by molar-refractivity contribution is 5.78. The van der Waals surface area contributed by atoms with Crippen LogP contribution < -0.4 is 0 Å². The van der Waals surface area contributed by atoms with Crippen molar-refractivity contribution in [3.63, 3.8) is 0 Å². The van der Waals surface area contributed by atoms with Crippen LogP contribution >= 0.6 is 0 Å². The van der Waals surface area contributed by atoms with Crippen LogP contribution in [0.2, 0.25) is 0 Å². The van der Waals surface area contributed by atoms with Crippen molar-refractivity contribution in [1.29, 1.82) is 0 Å².